The zero-order chi connectivity index (χ0) is 57.5. The molecular weight excluding hydrogens is 991 g/mol. The maximum absolute atomic E-state index is 13.2. The Labute approximate surface area is 487 Å². The highest BCUT2D eigenvalue weighted by Crippen LogP contribution is 2.24. The van der Waals surface area contributed by atoms with Gasteiger partial charge < -0.3 is 50.5 Å². The van der Waals surface area contributed by atoms with Gasteiger partial charge in [0.2, 0.25) is 5.91 Å². The molecule has 11 heteroatoms. The van der Waals surface area contributed by atoms with E-state index in [1.807, 2.05) is 0 Å². The summed E-state index contributed by atoms with van der Waals surface area (Å²) in [6.45, 7) is 3.52. The van der Waals surface area contributed by atoms with Crippen molar-refractivity contribution in [1.29, 1.82) is 0 Å². The highest BCUT2D eigenvalue weighted by atomic mass is 16.7. The second kappa shape index (κ2) is 57.3. The fourth-order valence-corrected chi connectivity index (χ4v) is 11.5. The molecule has 0 bridgehead atoms. The largest absolute Gasteiger partial charge is 0.394 e. The summed E-state index contributed by atoms with van der Waals surface area (Å²) in [6, 6.07) is -1.17. The molecule has 1 fully saturated rings. The molecule has 0 radical (unpaired) electrons. The molecule has 1 saturated heterocycles. The fourth-order valence-electron chi connectivity index (χ4n) is 11.5. The van der Waals surface area contributed by atoms with Crippen LogP contribution in [-0.4, -0.2) is 110 Å². The molecule has 470 valence electrons. The van der Waals surface area contributed by atoms with E-state index in [-0.39, 0.29) is 6.42 Å². The van der Waals surface area contributed by atoms with Gasteiger partial charge in [-0.25, -0.2) is 0 Å². The summed E-state index contributed by atoms with van der Waals surface area (Å²) in [5, 5.41) is 76.5. The Morgan fingerprint density at radius 2 is 0.734 bits per heavy atom. The maximum atomic E-state index is 13.2. The van der Waals surface area contributed by atoms with Crippen molar-refractivity contribution in [2.75, 3.05) is 13.2 Å². The van der Waals surface area contributed by atoms with Gasteiger partial charge in [-0.3, -0.25) is 4.79 Å². The van der Waals surface area contributed by atoms with Crippen molar-refractivity contribution in [3.63, 3.8) is 0 Å². The number of nitrogens with one attached hydrogen (secondary N) is 1. The molecule has 79 heavy (non-hydrogen) atoms. The first-order chi connectivity index (χ1) is 38.7. The van der Waals surface area contributed by atoms with Gasteiger partial charge in [0.05, 0.1) is 25.4 Å². The minimum Gasteiger partial charge on any atom is -0.394 e. The third-order valence-corrected chi connectivity index (χ3v) is 17.1. The Kier molecular flexibility index (Phi) is 55.0. The van der Waals surface area contributed by atoms with Crippen LogP contribution in [0.4, 0.5) is 0 Å². The van der Waals surface area contributed by atoms with E-state index in [4.69, 9.17) is 9.47 Å². The summed E-state index contributed by atoms with van der Waals surface area (Å²) in [4.78, 5) is 13.2. The molecule has 1 amide bonds. The smallest absolute Gasteiger partial charge is 0.249 e. The molecular formula is C68H133NO10. The van der Waals surface area contributed by atoms with Gasteiger partial charge in [-0.05, 0) is 38.5 Å². The average molecular weight is 1120 g/mol. The van der Waals surface area contributed by atoms with Crippen molar-refractivity contribution in [3.05, 3.63) is 12.2 Å². The molecule has 11 nitrogen and oxygen atoms in total. The zero-order valence-electron chi connectivity index (χ0n) is 51.9. The number of ether oxygens (including phenoxy) is 2. The van der Waals surface area contributed by atoms with Gasteiger partial charge >= 0.3 is 0 Å². The van der Waals surface area contributed by atoms with Crippen LogP contribution in [0.5, 0.6) is 0 Å². The quantitative estimate of drug-likeness (QED) is 0.0215. The van der Waals surface area contributed by atoms with Crippen molar-refractivity contribution in [2.45, 2.75) is 403 Å². The lowest BCUT2D eigenvalue weighted by atomic mass is 9.98. The second-order valence-electron chi connectivity index (χ2n) is 24.6. The predicted molar refractivity (Wildman–Crippen MR) is 330 cm³/mol. The zero-order valence-corrected chi connectivity index (χ0v) is 51.9. The topological polar surface area (TPSA) is 189 Å². The van der Waals surface area contributed by atoms with E-state index in [0.29, 0.717) is 19.3 Å². The van der Waals surface area contributed by atoms with Crippen LogP contribution in [0.2, 0.25) is 0 Å². The van der Waals surface area contributed by atoms with Crippen molar-refractivity contribution < 1.29 is 50.0 Å². The van der Waals surface area contributed by atoms with Gasteiger partial charge in [-0.2, -0.15) is 0 Å². The van der Waals surface area contributed by atoms with Gasteiger partial charge in [0, 0.05) is 0 Å². The fraction of sp³-hybridized carbons (Fsp3) is 0.956. The van der Waals surface area contributed by atoms with Crippen LogP contribution in [0.1, 0.15) is 348 Å². The molecule has 9 unspecified atom stereocenters. The minimum absolute atomic E-state index is 0.265. The first kappa shape index (κ1) is 75.9. The van der Waals surface area contributed by atoms with Crippen molar-refractivity contribution >= 4 is 5.91 Å². The normalized spacial score (nSPS) is 19.3. The van der Waals surface area contributed by atoms with E-state index < -0.39 is 74.2 Å². The molecule has 0 saturated carbocycles. The van der Waals surface area contributed by atoms with E-state index in [1.165, 1.54) is 270 Å². The van der Waals surface area contributed by atoms with Crippen molar-refractivity contribution in [3.8, 4) is 0 Å². The summed E-state index contributed by atoms with van der Waals surface area (Å²) in [7, 11) is 0. The Morgan fingerprint density at radius 1 is 0.430 bits per heavy atom. The number of hydrogen-bond donors (Lipinski definition) is 8. The van der Waals surface area contributed by atoms with Crippen molar-refractivity contribution in [1.82, 2.24) is 5.32 Å². The Morgan fingerprint density at radius 3 is 1.06 bits per heavy atom. The molecule has 0 aliphatic carbocycles. The molecule has 1 aliphatic heterocycles. The number of aliphatic hydroxyl groups excluding tert-OH is 7. The van der Waals surface area contributed by atoms with Crippen LogP contribution in [0.3, 0.4) is 0 Å². The van der Waals surface area contributed by atoms with Gasteiger partial charge in [0.15, 0.2) is 6.29 Å². The van der Waals surface area contributed by atoms with Crippen LogP contribution in [0.25, 0.3) is 0 Å². The summed E-state index contributed by atoms with van der Waals surface area (Å²) >= 11 is 0. The van der Waals surface area contributed by atoms with E-state index in [0.717, 1.165) is 38.5 Å². The highest BCUT2D eigenvalue weighted by Gasteiger charge is 2.44. The Bertz CT molecular complexity index is 1290. The number of carbonyl (C=O) groups excluding carboxylic acids is 1. The third-order valence-electron chi connectivity index (χ3n) is 17.1. The van der Waals surface area contributed by atoms with Crippen molar-refractivity contribution in [2.24, 2.45) is 0 Å². The molecule has 1 aliphatic rings. The molecule has 0 aromatic heterocycles. The SMILES string of the molecule is CCCCCCCCCCCCCC/C=C\CCCCCCCCCCCCCCCCCC(O)C(=O)NC(COC1OC(CO)C(O)C(O)C1O)C(O)C(O)CCCCCCCCCCCCCCCCCCCCCCC. The van der Waals surface area contributed by atoms with Gasteiger partial charge in [0.25, 0.3) is 0 Å². The number of aliphatic hydroxyl groups is 7. The lowest BCUT2D eigenvalue weighted by molar-refractivity contribution is -0.303. The molecule has 1 rings (SSSR count). The molecule has 0 aromatic rings. The maximum Gasteiger partial charge on any atom is 0.249 e. The second-order valence-corrected chi connectivity index (χ2v) is 24.6. The standard InChI is InChI=1S/C68H133NO10/c1-3-5-7-9-11-13-15-17-19-21-23-25-26-27-28-29-30-31-32-33-34-36-38-40-42-44-46-48-50-52-54-56-61(72)67(77)69-59(58-78-68-66(76)65(75)64(74)62(57-70)79-68)63(73)60(71)55-53-51-49-47-45-43-41-39-37-35-24-22-20-18-16-14-12-10-8-6-4-2/h27-28,59-66,68,70-76H,3-26,29-58H2,1-2H3,(H,69,77)/b28-27-. The van der Waals surface area contributed by atoms with E-state index in [9.17, 15) is 40.5 Å². The van der Waals surface area contributed by atoms with Crippen LogP contribution in [0, 0.1) is 0 Å². The van der Waals surface area contributed by atoms with E-state index >= 15 is 0 Å². The third kappa shape index (κ3) is 45.0. The number of hydrogen-bond acceptors (Lipinski definition) is 10. The molecule has 0 aromatic carbocycles. The van der Waals surface area contributed by atoms with Gasteiger partial charge in [-0.15, -0.1) is 0 Å². The minimum atomic E-state index is -1.66. The first-order valence-electron chi connectivity index (χ1n) is 34.6. The van der Waals surface area contributed by atoms with Crippen LogP contribution >= 0.6 is 0 Å². The van der Waals surface area contributed by atoms with Gasteiger partial charge in [0.1, 0.15) is 36.6 Å². The summed E-state index contributed by atoms with van der Waals surface area (Å²) < 4.78 is 11.2. The number of rotatable bonds is 61. The lowest BCUT2D eigenvalue weighted by Gasteiger charge is -2.40. The Hall–Kier alpha value is -1.15. The van der Waals surface area contributed by atoms with Gasteiger partial charge in [-0.1, -0.05) is 321 Å². The number of amides is 1. The van der Waals surface area contributed by atoms with Crippen LogP contribution in [0.15, 0.2) is 12.2 Å². The Balaban J connectivity index is 2.19. The average Bonchev–Trinajstić information content (AvgIpc) is 3.46. The number of unbranched alkanes of at least 4 members (excludes halogenated alkanes) is 47. The highest BCUT2D eigenvalue weighted by molar-refractivity contribution is 5.80. The molecule has 1 heterocycles. The molecule has 0 spiro atoms. The lowest BCUT2D eigenvalue weighted by Crippen LogP contribution is -2.60. The predicted octanol–water partition coefficient (Wildman–Crippen LogP) is 16.3. The monoisotopic (exact) mass is 1120 g/mol. The van der Waals surface area contributed by atoms with Crippen LogP contribution < -0.4 is 5.32 Å². The molecule has 8 N–H and O–H groups in total. The summed E-state index contributed by atoms with van der Waals surface area (Å²) in [6.07, 6.45) is 58.6. The number of allylic oxidation sites excluding steroid dienone is 2. The van der Waals surface area contributed by atoms with Crippen LogP contribution in [-0.2, 0) is 14.3 Å². The number of carbonyl (C=O) groups is 1. The van der Waals surface area contributed by atoms with E-state index in [2.05, 4.69) is 31.3 Å². The summed E-state index contributed by atoms with van der Waals surface area (Å²) in [5.41, 5.74) is 0. The molecule has 9 atom stereocenters. The summed E-state index contributed by atoms with van der Waals surface area (Å²) in [5.74, 6) is -0.689. The van der Waals surface area contributed by atoms with E-state index in [1.54, 1.807) is 0 Å². The first-order valence-corrected chi connectivity index (χ1v) is 34.6.